The number of nitrogens with zero attached hydrogens (tertiary/aromatic N) is 5. The molecule has 0 fully saturated rings. The number of rotatable bonds is 3. The predicted octanol–water partition coefficient (Wildman–Crippen LogP) is 4.68. The molecule has 0 spiro atoms. The lowest BCUT2D eigenvalue weighted by molar-refractivity contribution is 0.628. The van der Waals surface area contributed by atoms with Gasteiger partial charge in [0.05, 0.1) is 16.7 Å². The largest absolute Gasteiger partial charge is 0.335 e. The van der Waals surface area contributed by atoms with Gasteiger partial charge in [0.1, 0.15) is 17.8 Å². The number of fused-ring (bicyclic) bond motifs is 2. The Morgan fingerprint density at radius 1 is 1.00 bits per heavy atom. The van der Waals surface area contributed by atoms with Crippen molar-refractivity contribution in [2.45, 2.75) is 13.3 Å². The van der Waals surface area contributed by atoms with E-state index in [-0.39, 0.29) is 5.82 Å². The van der Waals surface area contributed by atoms with Crippen LogP contribution in [0.2, 0.25) is 0 Å². The minimum atomic E-state index is -0.268. The molecule has 2 aromatic carbocycles. The summed E-state index contributed by atoms with van der Waals surface area (Å²) in [5, 5.41) is 0.927. The first kappa shape index (κ1) is 16.6. The van der Waals surface area contributed by atoms with E-state index in [2.05, 4.69) is 18.0 Å². The normalized spacial score (nSPS) is 11.5. The smallest absolute Gasteiger partial charge is 0.238 e. The standard InChI is InChI=1S/C22H18FN5/c1-3-14-5-4-6-18-20(14)24-13-28(18)22-25-19(15-7-9-16(23)10-8-15)17-11-12-27(2)21(17)26-22/h4-13H,3H2,1-2H3. The molecule has 0 radical (unpaired) electrons. The van der Waals surface area contributed by atoms with Crippen molar-refractivity contribution in [1.29, 1.82) is 0 Å². The number of halogens is 1. The molecule has 5 nitrogen and oxygen atoms in total. The van der Waals surface area contributed by atoms with Crippen LogP contribution >= 0.6 is 0 Å². The first-order valence-electron chi connectivity index (χ1n) is 9.20. The summed E-state index contributed by atoms with van der Waals surface area (Å²) >= 11 is 0. The van der Waals surface area contributed by atoms with Crippen molar-refractivity contribution in [3.63, 3.8) is 0 Å². The molecule has 28 heavy (non-hydrogen) atoms. The van der Waals surface area contributed by atoms with Crippen molar-refractivity contribution in [2.24, 2.45) is 7.05 Å². The van der Waals surface area contributed by atoms with E-state index < -0.39 is 0 Å². The second kappa shape index (κ2) is 6.27. The Bertz CT molecular complexity index is 1310. The van der Waals surface area contributed by atoms with Gasteiger partial charge in [-0.15, -0.1) is 0 Å². The van der Waals surface area contributed by atoms with Crippen molar-refractivity contribution in [2.75, 3.05) is 0 Å². The summed E-state index contributed by atoms with van der Waals surface area (Å²) in [4.78, 5) is 14.2. The van der Waals surface area contributed by atoms with Gasteiger partial charge < -0.3 is 4.57 Å². The Balaban J connectivity index is 1.79. The maximum atomic E-state index is 13.4. The lowest BCUT2D eigenvalue weighted by Gasteiger charge is -2.09. The van der Waals surface area contributed by atoms with Crippen LogP contribution in [0, 0.1) is 5.82 Å². The molecule has 6 heteroatoms. The van der Waals surface area contributed by atoms with Crippen molar-refractivity contribution < 1.29 is 4.39 Å². The van der Waals surface area contributed by atoms with E-state index in [4.69, 9.17) is 9.97 Å². The average Bonchev–Trinajstić information content (AvgIpc) is 3.32. The third-order valence-corrected chi connectivity index (χ3v) is 5.09. The zero-order valence-electron chi connectivity index (χ0n) is 15.6. The van der Waals surface area contributed by atoms with Gasteiger partial charge in [0, 0.05) is 24.2 Å². The molecule has 0 N–H and O–H groups in total. The third kappa shape index (κ3) is 2.49. The number of aromatic nitrogens is 5. The van der Waals surface area contributed by atoms with Crippen LogP contribution in [0.3, 0.4) is 0 Å². The Morgan fingerprint density at radius 2 is 1.82 bits per heavy atom. The quantitative estimate of drug-likeness (QED) is 0.463. The van der Waals surface area contributed by atoms with E-state index >= 15 is 0 Å². The van der Waals surface area contributed by atoms with E-state index in [0.29, 0.717) is 5.95 Å². The van der Waals surface area contributed by atoms with Gasteiger partial charge in [-0.25, -0.2) is 14.4 Å². The van der Waals surface area contributed by atoms with Crippen molar-refractivity contribution in [3.05, 3.63) is 72.4 Å². The predicted molar refractivity (Wildman–Crippen MR) is 108 cm³/mol. The minimum absolute atomic E-state index is 0.268. The van der Waals surface area contributed by atoms with Gasteiger partial charge in [-0.05, 0) is 48.4 Å². The summed E-state index contributed by atoms with van der Waals surface area (Å²) in [5.74, 6) is 0.277. The number of para-hydroxylation sites is 1. The van der Waals surface area contributed by atoms with Crippen LogP contribution in [0.1, 0.15) is 12.5 Å². The van der Waals surface area contributed by atoms with Crippen LogP contribution in [0.15, 0.2) is 61.1 Å². The second-order valence-electron chi connectivity index (χ2n) is 6.80. The zero-order chi connectivity index (χ0) is 19.3. The fraction of sp³-hybridized carbons (Fsp3) is 0.136. The molecule has 5 aromatic rings. The van der Waals surface area contributed by atoms with Crippen LogP contribution in [0.25, 0.3) is 39.3 Å². The summed E-state index contributed by atoms with van der Waals surface area (Å²) in [6, 6.07) is 14.5. The van der Waals surface area contributed by atoms with E-state index in [9.17, 15) is 4.39 Å². The van der Waals surface area contributed by atoms with Crippen molar-refractivity contribution in [1.82, 2.24) is 24.1 Å². The van der Waals surface area contributed by atoms with E-state index in [1.165, 1.54) is 17.7 Å². The Kier molecular flexibility index (Phi) is 3.72. The summed E-state index contributed by atoms with van der Waals surface area (Å²) in [7, 11) is 1.95. The maximum Gasteiger partial charge on any atom is 0.238 e. The van der Waals surface area contributed by atoms with E-state index in [0.717, 1.165) is 39.7 Å². The van der Waals surface area contributed by atoms with Gasteiger partial charge in [-0.1, -0.05) is 19.1 Å². The fourth-order valence-corrected chi connectivity index (χ4v) is 3.60. The number of aryl methyl sites for hydroxylation is 2. The molecule has 0 saturated heterocycles. The van der Waals surface area contributed by atoms with Crippen molar-refractivity contribution in [3.8, 4) is 17.2 Å². The number of hydrogen-bond donors (Lipinski definition) is 0. The number of imidazole rings is 1. The molecule has 0 unspecified atom stereocenters. The molecule has 0 saturated carbocycles. The Labute approximate surface area is 161 Å². The highest BCUT2D eigenvalue weighted by Gasteiger charge is 2.16. The average molecular weight is 371 g/mol. The lowest BCUT2D eigenvalue weighted by Crippen LogP contribution is -2.03. The highest BCUT2D eigenvalue weighted by molar-refractivity contribution is 5.92. The molecule has 3 heterocycles. The molecule has 0 atom stereocenters. The summed E-state index contributed by atoms with van der Waals surface area (Å²) in [6.07, 6.45) is 4.63. The molecule has 0 bridgehead atoms. The van der Waals surface area contributed by atoms with Crippen LogP contribution in [0.4, 0.5) is 4.39 Å². The van der Waals surface area contributed by atoms with Crippen LogP contribution in [0.5, 0.6) is 0 Å². The number of benzene rings is 2. The molecular formula is C22H18FN5. The lowest BCUT2D eigenvalue weighted by atomic mass is 10.1. The second-order valence-corrected chi connectivity index (χ2v) is 6.80. The molecule has 3 aromatic heterocycles. The topological polar surface area (TPSA) is 48.5 Å². The van der Waals surface area contributed by atoms with Gasteiger partial charge in [-0.3, -0.25) is 4.57 Å². The third-order valence-electron chi connectivity index (χ3n) is 5.09. The summed E-state index contributed by atoms with van der Waals surface area (Å²) < 4.78 is 17.3. The van der Waals surface area contributed by atoms with E-state index in [1.807, 2.05) is 40.6 Å². The molecule has 5 rings (SSSR count). The first-order valence-corrected chi connectivity index (χ1v) is 9.20. The van der Waals surface area contributed by atoms with Crippen LogP contribution in [-0.4, -0.2) is 24.1 Å². The Morgan fingerprint density at radius 3 is 2.61 bits per heavy atom. The first-order chi connectivity index (χ1) is 13.7. The minimum Gasteiger partial charge on any atom is -0.335 e. The monoisotopic (exact) mass is 371 g/mol. The maximum absolute atomic E-state index is 13.4. The Hall–Kier alpha value is -3.54. The van der Waals surface area contributed by atoms with E-state index in [1.54, 1.807) is 18.5 Å². The molecular weight excluding hydrogens is 353 g/mol. The van der Waals surface area contributed by atoms with Gasteiger partial charge in [0.2, 0.25) is 5.95 Å². The van der Waals surface area contributed by atoms with Gasteiger partial charge in [0.25, 0.3) is 0 Å². The SMILES string of the molecule is CCc1cccc2c1ncn2-c1nc(-c2ccc(F)cc2)c2ccn(C)c2n1. The zero-order valence-corrected chi connectivity index (χ0v) is 15.6. The number of hydrogen-bond acceptors (Lipinski definition) is 3. The van der Waals surface area contributed by atoms with Crippen LogP contribution in [-0.2, 0) is 13.5 Å². The fourth-order valence-electron chi connectivity index (χ4n) is 3.60. The van der Waals surface area contributed by atoms with Gasteiger partial charge >= 0.3 is 0 Å². The molecule has 0 amide bonds. The van der Waals surface area contributed by atoms with Gasteiger partial charge in [0.15, 0.2) is 0 Å². The highest BCUT2D eigenvalue weighted by atomic mass is 19.1. The summed E-state index contributed by atoms with van der Waals surface area (Å²) in [6.45, 7) is 2.12. The van der Waals surface area contributed by atoms with Crippen LogP contribution < -0.4 is 0 Å². The molecule has 138 valence electrons. The van der Waals surface area contributed by atoms with Crippen molar-refractivity contribution >= 4 is 22.1 Å². The highest BCUT2D eigenvalue weighted by Crippen LogP contribution is 2.29. The molecule has 0 aliphatic carbocycles. The van der Waals surface area contributed by atoms with Gasteiger partial charge in [-0.2, -0.15) is 4.98 Å². The molecule has 0 aliphatic heterocycles. The summed E-state index contributed by atoms with van der Waals surface area (Å²) in [5.41, 5.74) is 5.56. The molecule has 0 aliphatic rings.